The van der Waals surface area contributed by atoms with Crippen LogP contribution in [0.4, 0.5) is 5.69 Å². The Labute approximate surface area is 122 Å². The molecule has 1 aromatic carbocycles. The zero-order chi connectivity index (χ0) is 14.8. The number of carbonyl (C=O) groups excluding carboxylic acids is 2. The summed E-state index contributed by atoms with van der Waals surface area (Å²) in [5, 5.41) is 2.81. The van der Waals surface area contributed by atoms with E-state index >= 15 is 0 Å². The molecular weight excluding hydrogens is 268 g/mol. The summed E-state index contributed by atoms with van der Waals surface area (Å²) in [5.74, 6) is 0.223. The fourth-order valence-corrected chi connectivity index (χ4v) is 2.49. The second kappa shape index (κ2) is 5.44. The predicted octanol–water partition coefficient (Wildman–Crippen LogP) is 1.77. The number of nitrogens with zero attached hydrogens (tertiary/aromatic N) is 1. The number of nitrogens with one attached hydrogen (secondary N) is 1. The van der Waals surface area contributed by atoms with Gasteiger partial charge in [-0.2, -0.15) is 0 Å². The molecule has 0 aliphatic carbocycles. The van der Waals surface area contributed by atoms with E-state index in [-0.39, 0.29) is 11.8 Å². The highest BCUT2D eigenvalue weighted by atomic mass is 16.3. The van der Waals surface area contributed by atoms with Gasteiger partial charge < -0.3 is 14.6 Å². The molecule has 5 nitrogen and oxygen atoms in total. The third-order valence-corrected chi connectivity index (χ3v) is 3.67. The molecule has 108 valence electrons. The van der Waals surface area contributed by atoms with E-state index in [1.807, 2.05) is 18.2 Å². The van der Waals surface area contributed by atoms with E-state index in [1.54, 1.807) is 24.1 Å². The molecule has 0 atom stereocenters. The largest absolute Gasteiger partial charge is 0.459 e. The Bertz CT molecular complexity index is 677. The Kier molecular flexibility index (Phi) is 3.48. The van der Waals surface area contributed by atoms with Gasteiger partial charge in [0, 0.05) is 19.3 Å². The predicted molar refractivity (Wildman–Crippen MR) is 78.3 cm³/mol. The number of benzene rings is 1. The van der Waals surface area contributed by atoms with Gasteiger partial charge in [0.05, 0.1) is 12.7 Å². The minimum Gasteiger partial charge on any atom is -0.459 e. The van der Waals surface area contributed by atoms with Crippen molar-refractivity contribution in [1.82, 2.24) is 5.32 Å². The van der Waals surface area contributed by atoms with Crippen molar-refractivity contribution in [3.8, 4) is 0 Å². The highest BCUT2D eigenvalue weighted by molar-refractivity contribution is 6.00. The van der Waals surface area contributed by atoms with Crippen molar-refractivity contribution in [3.05, 3.63) is 53.5 Å². The third-order valence-electron chi connectivity index (χ3n) is 3.67. The van der Waals surface area contributed by atoms with Crippen molar-refractivity contribution in [3.63, 3.8) is 0 Å². The maximum Gasteiger partial charge on any atom is 0.286 e. The van der Waals surface area contributed by atoms with Crippen LogP contribution in [0.15, 0.2) is 41.0 Å². The summed E-state index contributed by atoms with van der Waals surface area (Å²) in [5.41, 5.74) is 3.14. The topological polar surface area (TPSA) is 62.6 Å². The van der Waals surface area contributed by atoms with Crippen LogP contribution in [-0.2, 0) is 17.6 Å². The molecular formula is C16H16N2O3. The number of likely N-dealkylation sites (N-methyl/N-ethyl adjacent to an activating group) is 1. The Balaban J connectivity index is 1.58. The summed E-state index contributed by atoms with van der Waals surface area (Å²) in [6.45, 7) is 0.530. The molecule has 0 fully saturated rings. The van der Waals surface area contributed by atoms with Crippen molar-refractivity contribution in [2.24, 2.45) is 0 Å². The smallest absolute Gasteiger partial charge is 0.286 e. The van der Waals surface area contributed by atoms with Crippen LogP contribution in [0.25, 0.3) is 0 Å². The first-order valence-electron chi connectivity index (χ1n) is 6.85. The molecule has 0 saturated heterocycles. The molecule has 0 unspecified atom stereocenters. The lowest BCUT2D eigenvalue weighted by Crippen LogP contribution is -2.25. The fourth-order valence-electron chi connectivity index (χ4n) is 2.49. The van der Waals surface area contributed by atoms with Crippen molar-refractivity contribution in [2.45, 2.75) is 12.8 Å². The lowest BCUT2D eigenvalue weighted by molar-refractivity contribution is -0.117. The van der Waals surface area contributed by atoms with E-state index in [0.29, 0.717) is 18.7 Å². The van der Waals surface area contributed by atoms with Gasteiger partial charge in [0.15, 0.2) is 5.76 Å². The van der Waals surface area contributed by atoms with Crippen molar-refractivity contribution >= 4 is 17.5 Å². The van der Waals surface area contributed by atoms with E-state index in [0.717, 1.165) is 23.2 Å². The first-order valence-corrected chi connectivity index (χ1v) is 6.85. The van der Waals surface area contributed by atoms with Crippen LogP contribution in [-0.4, -0.2) is 25.4 Å². The number of rotatable bonds is 4. The number of carbonyl (C=O) groups is 2. The van der Waals surface area contributed by atoms with Gasteiger partial charge in [-0.3, -0.25) is 9.59 Å². The second-order valence-corrected chi connectivity index (χ2v) is 5.08. The lowest BCUT2D eigenvalue weighted by atomic mass is 10.1. The molecule has 0 spiro atoms. The molecule has 5 heteroatoms. The molecule has 3 rings (SSSR count). The molecule has 1 N–H and O–H groups in total. The Morgan fingerprint density at radius 1 is 1.38 bits per heavy atom. The van der Waals surface area contributed by atoms with Gasteiger partial charge in [-0.05, 0) is 35.7 Å². The van der Waals surface area contributed by atoms with Crippen LogP contribution in [0.1, 0.15) is 21.7 Å². The van der Waals surface area contributed by atoms with Gasteiger partial charge in [-0.25, -0.2) is 0 Å². The maximum absolute atomic E-state index is 11.7. The molecule has 1 aromatic heterocycles. The molecule has 2 amide bonds. The monoisotopic (exact) mass is 284 g/mol. The van der Waals surface area contributed by atoms with Gasteiger partial charge in [-0.1, -0.05) is 12.1 Å². The minimum atomic E-state index is -0.212. The van der Waals surface area contributed by atoms with Crippen LogP contribution in [0.3, 0.4) is 0 Å². The van der Waals surface area contributed by atoms with Crippen LogP contribution >= 0.6 is 0 Å². The van der Waals surface area contributed by atoms with Gasteiger partial charge in [0.2, 0.25) is 5.91 Å². The van der Waals surface area contributed by atoms with Crippen LogP contribution in [0, 0.1) is 0 Å². The van der Waals surface area contributed by atoms with Gasteiger partial charge >= 0.3 is 0 Å². The zero-order valence-electron chi connectivity index (χ0n) is 11.8. The molecule has 21 heavy (non-hydrogen) atoms. The molecule has 2 heterocycles. The third kappa shape index (κ3) is 2.67. The highest BCUT2D eigenvalue weighted by Crippen LogP contribution is 2.28. The van der Waals surface area contributed by atoms with Crippen LogP contribution in [0.5, 0.6) is 0 Å². The average molecular weight is 284 g/mol. The molecule has 1 aliphatic rings. The molecule has 2 aromatic rings. The number of hydrogen-bond donors (Lipinski definition) is 1. The maximum atomic E-state index is 11.7. The standard InChI is InChI=1S/C16H16N2O3/c1-18-13-5-4-11(9-12(13)10-15(18)19)6-7-17-16(20)14-3-2-8-21-14/h2-5,8-9H,6-7,10H2,1H3,(H,17,20). The number of hydrogen-bond acceptors (Lipinski definition) is 3. The summed E-state index contributed by atoms with van der Waals surface area (Å²) in [7, 11) is 1.79. The van der Waals surface area contributed by atoms with E-state index in [9.17, 15) is 9.59 Å². The van der Waals surface area contributed by atoms with Crippen molar-refractivity contribution in [2.75, 3.05) is 18.5 Å². The van der Waals surface area contributed by atoms with E-state index in [1.165, 1.54) is 6.26 Å². The van der Waals surface area contributed by atoms with Crippen molar-refractivity contribution < 1.29 is 14.0 Å². The van der Waals surface area contributed by atoms with E-state index in [2.05, 4.69) is 5.32 Å². The molecule has 0 radical (unpaired) electrons. The first kappa shape index (κ1) is 13.4. The zero-order valence-corrected chi connectivity index (χ0v) is 11.8. The first-order chi connectivity index (χ1) is 10.1. The van der Waals surface area contributed by atoms with Gasteiger partial charge in [-0.15, -0.1) is 0 Å². The lowest BCUT2D eigenvalue weighted by Gasteiger charge is -2.10. The summed E-state index contributed by atoms with van der Waals surface area (Å²) < 4.78 is 5.03. The molecule has 0 saturated carbocycles. The SMILES string of the molecule is CN1C(=O)Cc2cc(CCNC(=O)c3ccco3)ccc21. The molecule has 1 aliphatic heterocycles. The average Bonchev–Trinajstić information content (AvgIpc) is 3.09. The summed E-state index contributed by atoms with van der Waals surface area (Å²) in [4.78, 5) is 25.0. The van der Waals surface area contributed by atoms with Gasteiger partial charge in [0.25, 0.3) is 5.91 Å². The molecule has 0 bridgehead atoms. The number of amides is 2. The Hall–Kier alpha value is -2.56. The normalized spacial score (nSPS) is 13.4. The van der Waals surface area contributed by atoms with Crippen LogP contribution in [0.2, 0.25) is 0 Å². The number of furan rings is 1. The van der Waals surface area contributed by atoms with E-state index < -0.39 is 0 Å². The number of fused-ring (bicyclic) bond motifs is 1. The van der Waals surface area contributed by atoms with Crippen molar-refractivity contribution in [1.29, 1.82) is 0 Å². The Morgan fingerprint density at radius 2 is 2.24 bits per heavy atom. The number of anilines is 1. The van der Waals surface area contributed by atoms with E-state index in [4.69, 9.17) is 4.42 Å². The second-order valence-electron chi connectivity index (χ2n) is 5.08. The quantitative estimate of drug-likeness (QED) is 0.930. The summed E-state index contributed by atoms with van der Waals surface area (Å²) in [6.07, 6.45) is 2.65. The summed E-state index contributed by atoms with van der Waals surface area (Å²) >= 11 is 0. The Morgan fingerprint density at radius 3 is 3.00 bits per heavy atom. The minimum absolute atomic E-state index is 0.119. The summed E-state index contributed by atoms with van der Waals surface area (Å²) in [6, 6.07) is 9.31. The van der Waals surface area contributed by atoms with Crippen LogP contribution < -0.4 is 10.2 Å². The highest BCUT2D eigenvalue weighted by Gasteiger charge is 2.23. The van der Waals surface area contributed by atoms with Gasteiger partial charge in [0.1, 0.15) is 0 Å². The fraction of sp³-hybridized carbons (Fsp3) is 0.250.